The van der Waals surface area contributed by atoms with Crippen molar-refractivity contribution in [3.05, 3.63) is 59.2 Å². The van der Waals surface area contributed by atoms with Crippen LogP contribution in [-0.4, -0.2) is 57.1 Å². The Morgan fingerprint density at radius 2 is 1.87 bits per heavy atom. The molecule has 1 aromatic heterocycles. The summed E-state index contributed by atoms with van der Waals surface area (Å²) in [5.74, 6) is -1.20. The van der Waals surface area contributed by atoms with Gasteiger partial charge in [-0.1, -0.05) is 0 Å². The highest BCUT2D eigenvalue weighted by atomic mass is 19.1. The molecule has 1 amide bonds. The second-order valence-electron chi connectivity index (χ2n) is 8.56. The number of fused-ring (bicyclic) bond motifs is 1. The van der Waals surface area contributed by atoms with Gasteiger partial charge in [0.05, 0.1) is 17.5 Å². The average Bonchev–Trinajstić information content (AvgIpc) is 3.24. The zero-order valence-electron chi connectivity index (χ0n) is 16.9. The van der Waals surface area contributed by atoms with Gasteiger partial charge in [-0.15, -0.1) is 0 Å². The number of benzene rings is 1. The molecule has 5 rings (SSSR count). The van der Waals surface area contributed by atoms with E-state index in [0.717, 1.165) is 31.7 Å². The summed E-state index contributed by atoms with van der Waals surface area (Å²) in [7, 11) is 0. The SMILES string of the molecule is Cc1cncc(C(=O)N2CCC3(CC2)CN2C(CCC2c2cc(F)cc(F)c2)O3)n1. The summed E-state index contributed by atoms with van der Waals surface area (Å²) in [5.41, 5.74) is 1.44. The van der Waals surface area contributed by atoms with E-state index in [9.17, 15) is 13.6 Å². The van der Waals surface area contributed by atoms with Crippen LogP contribution >= 0.6 is 0 Å². The Morgan fingerprint density at radius 3 is 2.57 bits per heavy atom. The van der Waals surface area contributed by atoms with Gasteiger partial charge in [0.1, 0.15) is 23.6 Å². The van der Waals surface area contributed by atoms with E-state index in [1.807, 2.05) is 6.92 Å². The smallest absolute Gasteiger partial charge is 0.274 e. The quantitative estimate of drug-likeness (QED) is 0.755. The summed E-state index contributed by atoms with van der Waals surface area (Å²) < 4.78 is 33.9. The van der Waals surface area contributed by atoms with Crippen LogP contribution in [0, 0.1) is 18.6 Å². The van der Waals surface area contributed by atoms with Gasteiger partial charge in [0, 0.05) is 37.9 Å². The summed E-state index contributed by atoms with van der Waals surface area (Å²) in [4.78, 5) is 25.1. The second-order valence-corrected chi connectivity index (χ2v) is 8.56. The Labute approximate surface area is 173 Å². The van der Waals surface area contributed by atoms with Crippen molar-refractivity contribution in [3.63, 3.8) is 0 Å². The maximum atomic E-state index is 13.7. The molecule has 8 heteroatoms. The highest BCUT2D eigenvalue weighted by molar-refractivity contribution is 5.92. The van der Waals surface area contributed by atoms with Crippen molar-refractivity contribution in [2.24, 2.45) is 0 Å². The van der Waals surface area contributed by atoms with Crippen LogP contribution in [0.2, 0.25) is 0 Å². The molecule has 1 aromatic carbocycles. The van der Waals surface area contributed by atoms with E-state index in [0.29, 0.717) is 36.6 Å². The van der Waals surface area contributed by atoms with Crippen molar-refractivity contribution < 1.29 is 18.3 Å². The third kappa shape index (κ3) is 3.48. The number of ether oxygens (including phenoxy) is 1. The number of likely N-dealkylation sites (tertiary alicyclic amines) is 1. The molecule has 0 bridgehead atoms. The Morgan fingerprint density at radius 1 is 1.13 bits per heavy atom. The molecule has 1 spiro atoms. The first-order valence-electron chi connectivity index (χ1n) is 10.4. The first-order chi connectivity index (χ1) is 14.4. The van der Waals surface area contributed by atoms with Crippen molar-refractivity contribution in [2.75, 3.05) is 19.6 Å². The number of carbonyl (C=O) groups is 1. The molecule has 0 saturated carbocycles. The second kappa shape index (κ2) is 7.35. The first-order valence-corrected chi connectivity index (χ1v) is 10.4. The van der Waals surface area contributed by atoms with Crippen molar-refractivity contribution >= 4 is 5.91 Å². The Hall–Kier alpha value is -2.45. The molecule has 3 fully saturated rings. The van der Waals surface area contributed by atoms with Gasteiger partial charge in [-0.3, -0.25) is 14.7 Å². The van der Waals surface area contributed by atoms with Gasteiger partial charge in [0.2, 0.25) is 0 Å². The number of piperidine rings is 1. The van der Waals surface area contributed by atoms with Crippen molar-refractivity contribution in [3.8, 4) is 0 Å². The van der Waals surface area contributed by atoms with E-state index in [4.69, 9.17) is 4.74 Å². The molecule has 3 aliphatic heterocycles. The maximum Gasteiger partial charge on any atom is 0.274 e. The van der Waals surface area contributed by atoms with E-state index in [1.165, 1.54) is 18.3 Å². The number of nitrogens with zero attached hydrogens (tertiary/aromatic N) is 4. The molecule has 3 aliphatic rings. The van der Waals surface area contributed by atoms with Crippen LogP contribution < -0.4 is 0 Å². The summed E-state index contributed by atoms with van der Waals surface area (Å²) in [6.07, 6.45) is 6.22. The predicted molar refractivity (Wildman–Crippen MR) is 105 cm³/mol. The lowest BCUT2D eigenvalue weighted by Crippen LogP contribution is -2.49. The van der Waals surface area contributed by atoms with Gasteiger partial charge in [0.25, 0.3) is 5.91 Å². The lowest BCUT2D eigenvalue weighted by Gasteiger charge is -2.39. The van der Waals surface area contributed by atoms with Gasteiger partial charge >= 0.3 is 0 Å². The number of halogens is 2. The number of amides is 1. The summed E-state index contributed by atoms with van der Waals surface area (Å²) in [6.45, 7) is 3.71. The van der Waals surface area contributed by atoms with Crippen molar-refractivity contribution in [1.82, 2.24) is 19.8 Å². The molecule has 2 unspecified atom stereocenters. The van der Waals surface area contributed by atoms with Crippen LogP contribution in [0.15, 0.2) is 30.6 Å². The number of aromatic nitrogens is 2. The third-order valence-corrected chi connectivity index (χ3v) is 6.52. The molecule has 4 heterocycles. The van der Waals surface area contributed by atoms with Gasteiger partial charge < -0.3 is 9.64 Å². The third-order valence-electron chi connectivity index (χ3n) is 6.52. The minimum atomic E-state index is -0.547. The van der Waals surface area contributed by atoms with E-state index in [2.05, 4.69) is 14.9 Å². The fraction of sp³-hybridized carbons (Fsp3) is 0.500. The first kappa shape index (κ1) is 19.5. The normalized spacial score (nSPS) is 25.6. The van der Waals surface area contributed by atoms with Crippen molar-refractivity contribution in [1.29, 1.82) is 0 Å². The Kier molecular flexibility index (Phi) is 4.78. The number of aryl methyl sites for hydroxylation is 1. The maximum absolute atomic E-state index is 13.7. The number of hydrogen-bond donors (Lipinski definition) is 0. The van der Waals surface area contributed by atoms with Crippen LogP contribution in [0.4, 0.5) is 8.78 Å². The standard InChI is InChI=1S/C22H24F2N4O2/c1-14-11-25-12-18(26-14)21(29)27-6-4-22(5-7-27)13-28-19(2-3-20(28)30-22)15-8-16(23)10-17(24)9-15/h8-12,19-20H,2-7,13H2,1H3. The van der Waals surface area contributed by atoms with Crippen LogP contribution in [0.5, 0.6) is 0 Å². The van der Waals surface area contributed by atoms with Gasteiger partial charge in [0.15, 0.2) is 0 Å². The number of carbonyl (C=O) groups excluding carboxylic acids is 1. The van der Waals surface area contributed by atoms with Crippen molar-refractivity contribution in [2.45, 2.75) is 50.5 Å². The molecule has 0 N–H and O–H groups in total. The number of rotatable bonds is 2. The van der Waals surface area contributed by atoms with E-state index >= 15 is 0 Å². The van der Waals surface area contributed by atoms with E-state index < -0.39 is 11.6 Å². The molecule has 6 nitrogen and oxygen atoms in total. The monoisotopic (exact) mass is 414 g/mol. The predicted octanol–water partition coefficient (Wildman–Crippen LogP) is 3.23. The summed E-state index contributed by atoms with van der Waals surface area (Å²) >= 11 is 0. The molecular formula is C22H24F2N4O2. The summed E-state index contributed by atoms with van der Waals surface area (Å²) in [5, 5.41) is 0. The minimum absolute atomic E-state index is 0.0359. The molecule has 0 aliphatic carbocycles. The highest BCUT2D eigenvalue weighted by Crippen LogP contribution is 2.46. The van der Waals surface area contributed by atoms with Gasteiger partial charge in [-0.05, 0) is 50.3 Å². The Balaban J connectivity index is 1.27. The molecule has 0 radical (unpaired) electrons. The average molecular weight is 414 g/mol. The lowest BCUT2D eigenvalue weighted by atomic mass is 9.90. The molecule has 2 atom stereocenters. The molecule has 158 valence electrons. The van der Waals surface area contributed by atoms with Gasteiger partial charge in [-0.2, -0.15) is 0 Å². The molecule has 30 heavy (non-hydrogen) atoms. The van der Waals surface area contributed by atoms with Crippen LogP contribution in [0.1, 0.15) is 53.5 Å². The van der Waals surface area contributed by atoms with E-state index in [-0.39, 0.29) is 23.8 Å². The zero-order chi connectivity index (χ0) is 20.9. The minimum Gasteiger partial charge on any atom is -0.355 e. The zero-order valence-corrected chi connectivity index (χ0v) is 16.9. The van der Waals surface area contributed by atoms with Crippen LogP contribution in [-0.2, 0) is 4.74 Å². The van der Waals surface area contributed by atoms with Gasteiger partial charge in [-0.25, -0.2) is 13.8 Å². The molecule has 2 aromatic rings. The highest BCUT2D eigenvalue weighted by Gasteiger charge is 2.51. The topological polar surface area (TPSA) is 58.6 Å². The fourth-order valence-corrected chi connectivity index (χ4v) is 5.08. The summed E-state index contributed by atoms with van der Waals surface area (Å²) in [6, 6.07) is 3.71. The lowest BCUT2D eigenvalue weighted by molar-refractivity contribution is -0.0759. The fourth-order valence-electron chi connectivity index (χ4n) is 5.08. The van der Waals surface area contributed by atoms with Crippen LogP contribution in [0.3, 0.4) is 0 Å². The largest absolute Gasteiger partial charge is 0.355 e. The number of hydrogen-bond acceptors (Lipinski definition) is 5. The molecular weight excluding hydrogens is 390 g/mol. The van der Waals surface area contributed by atoms with Crippen LogP contribution in [0.25, 0.3) is 0 Å². The van der Waals surface area contributed by atoms with E-state index in [1.54, 1.807) is 11.1 Å². The Bertz CT molecular complexity index is 957. The molecule has 3 saturated heterocycles.